The predicted octanol–water partition coefficient (Wildman–Crippen LogP) is 5.82. The number of benzene rings is 3. The number of anilines is 2. The Balaban J connectivity index is 1.56. The van der Waals surface area contributed by atoms with Gasteiger partial charge in [-0.3, -0.25) is 9.59 Å². The first-order chi connectivity index (χ1) is 16.6. The monoisotopic (exact) mass is 473 g/mol. The molecule has 0 aromatic heterocycles. The number of rotatable bonds is 9. The zero-order valence-electron chi connectivity index (χ0n) is 21.1. The van der Waals surface area contributed by atoms with Gasteiger partial charge < -0.3 is 15.5 Å². The molecule has 1 atom stereocenters. The Hall–Kier alpha value is -3.64. The van der Waals surface area contributed by atoms with E-state index in [-0.39, 0.29) is 17.8 Å². The lowest BCUT2D eigenvalue weighted by Crippen LogP contribution is -2.47. The van der Waals surface area contributed by atoms with Crippen molar-refractivity contribution in [2.45, 2.75) is 52.7 Å². The second-order valence-electron chi connectivity index (χ2n) is 9.89. The lowest BCUT2D eigenvalue weighted by atomic mass is 10.0. The minimum Gasteiger partial charge on any atom is -0.459 e. The number of esters is 1. The summed E-state index contributed by atoms with van der Waals surface area (Å²) >= 11 is 0. The molecule has 6 nitrogen and oxygen atoms in total. The number of hydrogen-bond acceptors (Lipinski definition) is 5. The minimum atomic E-state index is -0.533. The van der Waals surface area contributed by atoms with Crippen LogP contribution in [0, 0.1) is 5.92 Å². The van der Waals surface area contributed by atoms with E-state index in [1.54, 1.807) is 0 Å². The third-order valence-corrected chi connectivity index (χ3v) is 5.29. The lowest BCUT2D eigenvalue weighted by molar-refractivity contribution is -0.158. The molecule has 184 valence electrons. The van der Waals surface area contributed by atoms with Crippen molar-refractivity contribution in [3.63, 3.8) is 0 Å². The summed E-state index contributed by atoms with van der Waals surface area (Å²) in [6, 6.07) is 24.9. The average molecular weight is 474 g/mol. The molecule has 0 saturated heterocycles. The summed E-state index contributed by atoms with van der Waals surface area (Å²) in [4.78, 5) is 24.8. The molecule has 3 N–H and O–H groups in total. The van der Waals surface area contributed by atoms with Gasteiger partial charge >= 0.3 is 5.97 Å². The van der Waals surface area contributed by atoms with Crippen LogP contribution in [0.1, 0.15) is 40.2 Å². The molecule has 3 aromatic rings. The van der Waals surface area contributed by atoms with Crippen LogP contribution in [0.5, 0.6) is 0 Å². The van der Waals surface area contributed by atoms with Crippen molar-refractivity contribution in [3.8, 4) is 11.1 Å². The molecule has 0 bridgehead atoms. The highest BCUT2D eigenvalue weighted by Crippen LogP contribution is 2.22. The summed E-state index contributed by atoms with van der Waals surface area (Å²) in [5.74, 6) is -0.267. The van der Waals surface area contributed by atoms with Crippen molar-refractivity contribution >= 4 is 23.3 Å². The number of hydrazine groups is 1. The third kappa shape index (κ3) is 8.26. The first-order valence-electron chi connectivity index (χ1n) is 11.9. The Labute approximate surface area is 208 Å². The minimum absolute atomic E-state index is 0.0436. The van der Waals surface area contributed by atoms with Crippen molar-refractivity contribution in [3.05, 3.63) is 84.4 Å². The van der Waals surface area contributed by atoms with E-state index in [9.17, 15) is 9.59 Å². The zero-order chi connectivity index (χ0) is 25.4. The highest BCUT2D eigenvalue weighted by atomic mass is 16.6. The van der Waals surface area contributed by atoms with E-state index in [0.29, 0.717) is 6.42 Å². The van der Waals surface area contributed by atoms with Crippen LogP contribution in [0.25, 0.3) is 11.1 Å². The average Bonchev–Trinajstić information content (AvgIpc) is 2.79. The Bertz CT molecular complexity index is 1100. The fourth-order valence-corrected chi connectivity index (χ4v) is 3.50. The first-order valence-corrected chi connectivity index (χ1v) is 11.9. The third-order valence-electron chi connectivity index (χ3n) is 5.29. The zero-order valence-corrected chi connectivity index (χ0v) is 21.1. The largest absolute Gasteiger partial charge is 0.459 e. The van der Waals surface area contributed by atoms with Gasteiger partial charge in [-0.15, -0.1) is 0 Å². The van der Waals surface area contributed by atoms with Crippen molar-refractivity contribution in [2.75, 3.05) is 10.7 Å². The van der Waals surface area contributed by atoms with Gasteiger partial charge in [0.15, 0.2) is 0 Å². The molecule has 6 heteroatoms. The van der Waals surface area contributed by atoms with E-state index in [1.807, 2.05) is 113 Å². The topological polar surface area (TPSA) is 79.5 Å². The summed E-state index contributed by atoms with van der Waals surface area (Å²) in [5.41, 5.74) is 10.4. The van der Waals surface area contributed by atoms with Gasteiger partial charge in [0.1, 0.15) is 11.6 Å². The van der Waals surface area contributed by atoms with E-state index in [1.165, 1.54) is 0 Å². The molecule has 0 aliphatic carbocycles. The Morgan fingerprint density at radius 2 is 1.37 bits per heavy atom. The maximum atomic E-state index is 12.5. The van der Waals surface area contributed by atoms with Crippen LogP contribution in [-0.4, -0.2) is 23.5 Å². The van der Waals surface area contributed by atoms with Crippen LogP contribution in [0.3, 0.4) is 0 Å². The number of amides is 1. The molecule has 0 heterocycles. The van der Waals surface area contributed by atoms with Crippen molar-refractivity contribution < 1.29 is 14.3 Å². The van der Waals surface area contributed by atoms with Crippen LogP contribution in [0.4, 0.5) is 11.4 Å². The highest BCUT2D eigenvalue weighted by Gasteiger charge is 2.27. The summed E-state index contributed by atoms with van der Waals surface area (Å²) in [6.07, 6.45) is 0.318. The van der Waals surface area contributed by atoms with Gasteiger partial charge in [-0.25, -0.2) is 5.43 Å². The summed E-state index contributed by atoms with van der Waals surface area (Å²) in [6.45, 7) is 9.53. The Morgan fingerprint density at radius 3 is 1.91 bits per heavy atom. The number of nitrogens with one attached hydrogen (secondary N) is 3. The van der Waals surface area contributed by atoms with E-state index in [4.69, 9.17) is 4.74 Å². The van der Waals surface area contributed by atoms with Gasteiger partial charge in [-0.2, -0.15) is 0 Å². The fourth-order valence-electron chi connectivity index (χ4n) is 3.50. The quantitative estimate of drug-likeness (QED) is 0.270. The molecule has 0 radical (unpaired) electrons. The molecule has 0 fully saturated rings. The van der Waals surface area contributed by atoms with E-state index < -0.39 is 11.6 Å². The van der Waals surface area contributed by atoms with Crippen LogP contribution >= 0.6 is 0 Å². The number of para-hydroxylation sites is 1. The highest BCUT2D eigenvalue weighted by molar-refractivity contribution is 5.92. The van der Waals surface area contributed by atoms with Crippen LogP contribution in [0.2, 0.25) is 0 Å². The second kappa shape index (κ2) is 11.7. The van der Waals surface area contributed by atoms with Gasteiger partial charge in [0.25, 0.3) is 0 Å². The van der Waals surface area contributed by atoms with Gasteiger partial charge in [0.05, 0.1) is 6.42 Å². The Morgan fingerprint density at radius 1 is 0.800 bits per heavy atom. The van der Waals surface area contributed by atoms with Crippen molar-refractivity contribution in [1.82, 2.24) is 5.43 Å². The SMILES string of the molecule is CC(C)C(NNc1ccc(-c2ccc(CC(=O)Nc3ccccc3)cc2)cc1)C(=O)OC(C)(C)C. The molecule has 3 aromatic carbocycles. The van der Waals surface area contributed by atoms with E-state index >= 15 is 0 Å². The molecule has 1 amide bonds. The van der Waals surface area contributed by atoms with Crippen LogP contribution in [0.15, 0.2) is 78.9 Å². The Kier molecular flexibility index (Phi) is 8.66. The van der Waals surface area contributed by atoms with Crippen molar-refractivity contribution in [1.29, 1.82) is 0 Å². The van der Waals surface area contributed by atoms with Gasteiger partial charge in [0.2, 0.25) is 5.91 Å². The number of ether oxygens (including phenoxy) is 1. The number of carbonyl (C=O) groups excluding carboxylic acids is 2. The van der Waals surface area contributed by atoms with E-state index in [2.05, 4.69) is 16.2 Å². The van der Waals surface area contributed by atoms with Crippen molar-refractivity contribution in [2.24, 2.45) is 5.92 Å². The molecule has 0 saturated carbocycles. The maximum Gasteiger partial charge on any atom is 0.325 e. The molecule has 0 spiro atoms. The molecule has 35 heavy (non-hydrogen) atoms. The van der Waals surface area contributed by atoms with Gasteiger partial charge in [0, 0.05) is 11.4 Å². The van der Waals surface area contributed by atoms with Crippen LogP contribution < -0.4 is 16.2 Å². The molecule has 3 rings (SSSR count). The smallest absolute Gasteiger partial charge is 0.325 e. The summed E-state index contributed by atoms with van der Waals surface area (Å²) < 4.78 is 5.52. The number of carbonyl (C=O) groups is 2. The van der Waals surface area contributed by atoms with Crippen LogP contribution in [-0.2, 0) is 20.7 Å². The predicted molar refractivity (Wildman–Crippen MR) is 142 cm³/mol. The first kappa shape index (κ1) is 26.0. The molecule has 0 aliphatic heterocycles. The maximum absolute atomic E-state index is 12.5. The summed E-state index contributed by atoms with van der Waals surface area (Å²) in [7, 11) is 0. The molecule has 0 aliphatic rings. The number of hydrogen-bond donors (Lipinski definition) is 3. The standard InChI is InChI=1S/C29H35N3O3/c1-20(2)27(28(34)35-29(3,4)5)32-31-25-17-15-23(16-18-25)22-13-11-21(12-14-22)19-26(33)30-24-9-7-6-8-10-24/h6-18,20,27,31-32H,19H2,1-5H3,(H,30,33). The summed E-state index contributed by atoms with van der Waals surface area (Å²) in [5, 5.41) is 2.91. The van der Waals surface area contributed by atoms with Gasteiger partial charge in [-0.05, 0) is 67.6 Å². The lowest BCUT2D eigenvalue weighted by Gasteiger charge is -2.27. The normalized spacial score (nSPS) is 12.2. The molecular formula is C29H35N3O3. The molecule has 1 unspecified atom stereocenters. The second-order valence-corrected chi connectivity index (χ2v) is 9.89. The molecular weight excluding hydrogens is 438 g/mol. The van der Waals surface area contributed by atoms with Gasteiger partial charge in [-0.1, -0.05) is 68.4 Å². The van der Waals surface area contributed by atoms with E-state index in [0.717, 1.165) is 28.1 Å². The fraction of sp³-hybridized carbons (Fsp3) is 0.310.